The van der Waals surface area contributed by atoms with Crippen LogP contribution in [0.25, 0.3) is 0 Å². The minimum Gasteiger partial charge on any atom is -0.484 e. The number of nitrogens with zero attached hydrogens (tertiary/aromatic N) is 1. The molecule has 114 valence electrons. The second-order valence-electron chi connectivity index (χ2n) is 5.32. The van der Waals surface area contributed by atoms with E-state index in [4.69, 9.17) is 9.84 Å². The number of carboxylic acids is 1. The van der Waals surface area contributed by atoms with Crippen molar-refractivity contribution < 1.29 is 24.5 Å². The molecule has 1 saturated heterocycles. The second-order valence-corrected chi connectivity index (χ2v) is 5.32. The van der Waals surface area contributed by atoms with Crippen molar-refractivity contribution in [3.05, 3.63) is 29.3 Å². The van der Waals surface area contributed by atoms with E-state index >= 15 is 0 Å². The van der Waals surface area contributed by atoms with Crippen LogP contribution in [0.3, 0.4) is 0 Å². The lowest BCUT2D eigenvalue weighted by molar-refractivity contribution is -0.148. The molecule has 1 heterocycles. The van der Waals surface area contributed by atoms with Gasteiger partial charge in [0.05, 0.1) is 6.10 Å². The van der Waals surface area contributed by atoms with E-state index in [1.54, 1.807) is 6.07 Å². The summed E-state index contributed by atoms with van der Waals surface area (Å²) in [5, 5.41) is 18.6. The maximum atomic E-state index is 12.1. The van der Waals surface area contributed by atoms with Crippen molar-refractivity contribution in [1.29, 1.82) is 0 Å². The number of likely N-dealkylation sites (tertiary alicyclic amines) is 1. The lowest BCUT2D eigenvalue weighted by atomic mass is 10.1. The first-order valence-electron chi connectivity index (χ1n) is 6.79. The lowest BCUT2D eigenvalue weighted by Crippen LogP contribution is -2.42. The van der Waals surface area contributed by atoms with Gasteiger partial charge < -0.3 is 19.8 Å². The smallest absolute Gasteiger partial charge is 0.326 e. The maximum absolute atomic E-state index is 12.1. The average Bonchev–Trinajstić information content (AvgIpc) is 2.82. The number of aliphatic hydroxyl groups excluding tert-OH is 1. The van der Waals surface area contributed by atoms with Gasteiger partial charge in [-0.15, -0.1) is 0 Å². The third kappa shape index (κ3) is 3.52. The highest BCUT2D eigenvalue weighted by atomic mass is 16.5. The van der Waals surface area contributed by atoms with Gasteiger partial charge in [0.2, 0.25) is 0 Å². The Balaban J connectivity index is 1.97. The quantitative estimate of drug-likeness (QED) is 0.854. The molecule has 1 amide bonds. The highest BCUT2D eigenvalue weighted by molar-refractivity contribution is 5.85. The number of carbonyl (C=O) groups is 2. The Morgan fingerprint density at radius 1 is 1.33 bits per heavy atom. The number of carboxylic acid groups (broad SMARTS) is 1. The van der Waals surface area contributed by atoms with E-state index < -0.39 is 24.0 Å². The summed E-state index contributed by atoms with van der Waals surface area (Å²) in [5.74, 6) is -0.971. The number of ether oxygens (including phenoxy) is 1. The van der Waals surface area contributed by atoms with Crippen LogP contribution in [0.1, 0.15) is 17.5 Å². The van der Waals surface area contributed by atoms with Gasteiger partial charge in [0.1, 0.15) is 11.8 Å². The van der Waals surface area contributed by atoms with E-state index in [1.807, 2.05) is 26.0 Å². The first kappa shape index (κ1) is 15.3. The number of amides is 1. The van der Waals surface area contributed by atoms with Gasteiger partial charge in [-0.05, 0) is 37.1 Å². The SMILES string of the molecule is Cc1ccc(OCC(=O)N2C[C@H](O)C[C@@H]2C(=O)O)cc1C. The molecule has 0 aromatic heterocycles. The molecule has 21 heavy (non-hydrogen) atoms. The summed E-state index contributed by atoms with van der Waals surface area (Å²) in [4.78, 5) is 24.3. The molecule has 6 heteroatoms. The monoisotopic (exact) mass is 293 g/mol. The van der Waals surface area contributed by atoms with Gasteiger partial charge in [-0.1, -0.05) is 6.07 Å². The van der Waals surface area contributed by atoms with Crippen LogP contribution < -0.4 is 4.74 Å². The molecule has 0 radical (unpaired) electrons. The summed E-state index contributed by atoms with van der Waals surface area (Å²) in [6.07, 6.45) is -0.735. The molecule has 0 bridgehead atoms. The molecule has 1 aromatic rings. The van der Waals surface area contributed by atoms with Crippen LogP contribution in [-0.2, 0) is 9.59 Å². The fourth-order valence-corrected chi connectivity index (χ4v) is 2.36. The van der Waals surface area contributed by atoms with E-state index in [0.717, 1.165) is 16.0 Å². The zero-order chi connectivity index (χ0) is 15.6. The van der Waals surface area contributed by atoms with Crippen LogP contribution in [-0.4, -0.2) is 52.3 Å². The van der Waals surface area contributed by atoms with Gasteiger partial charge >= 0.3 is 5.97 Å². The third-order valence-corrected chi connectivity index (χ3v) is 3.73. The average molecular weight is 293 g/mol. The van der Waals surface area contributed by atoms with E-state index in [0.29, 0.717) is 5.75 Å². The number of aliphatic hydroxyl groups is 1. The summed E-state index contributed by atoms with van der Waals surface area (Å²) in [7, 11) is 0. The third-order valence-electron chi connectivity index (χ3n) is 3.73. The Bertz CT molecular complexity index is 557. The van der Waals surface area contributed by atoms with Crippen molar-refractivity contribution >= 4 is 11.9 Å². The molecule has 0 unspecified atom stereocenters. The standard InChI is InChI=1S/C15H19NO5/c1-9-3-4-12(5-10(9)2)21-8-14(18)16-7-11(17)6-13(16)15(19)20/h3-5,11,13,17H,6-8H2,1-2H3,(H,19,20)/t11-,13-/m1/s1. The predicted molar refractivity (Wildman–Crippen MR) is 75.2 cm³/mol. The highest BCUT2D eigenvalue weighted by Gasteiger charge is 2.38. The van der Waals surface area contributed by atoms with Crippen LogP contribution in [0.15, 0.2) is 18.2 Å². The fourth-order valence-electron chi connectivity index (χ4n) is 2.36. The van der Waals surface area contributed by atoms with Gasteiger partial charge in [0.15, 0.2) is 6.61 Å². The Morgan fingerprint density at radius 3 is 2.67 bits per heavy atom. The van der Waals surface area contributed by atoms with Gasteiger partial charge in [0.25, 0.3) is 5.91 Å². The van der Waals surface area contributed by atoms with Crippen molar-refractivity contribution in [3.8, 4) is 5.75 Å². The van der Waals surface area contributed by atoms with Crippen LogP contribution in [0.4, 0.5) is 0 Å². The van der Waals surface area contributed by atoms with Crippen molar-refractivity contribution in [3.63, 3.8) is 0 Å². The summed E-state index contributed by atoms with van der Waals surface area (Å²) in [6.45, 7) is 3.72. The van der Waals surface area contributed by atoms with Crippen molar-refractivity contribution in [2.45, 2.75) is 32.4 Å². The minimum absolute atomic E-state index is 0.0338. The van der Waals surface area contributed by atoms with E-state index in [-0.39, 0.29) is 19.6 Å². The van der Waals surface area contributed by atoms with Crippen LogP contribution in [0.2, 0.25) is 0 Å². The maximum Gasteiger partial charge on any atom is 0.326 e. The Hall–Kier alpha value is -2.08. The lowest BCUT2D eigenvalue weighted by Gasteiger charge is -2.21. The number of aryl methyl sites for hydroxylation is 2. The number of benzene rings is 1. The van der Waals surface area contributed by atoms with Crippen LogP contribution in [0, 0.1) is 13.8 Å². The molecule has 1 fully saturated rings. The fraction of sp³-hybridized carbons (Fsp3) is 0.467. The molecular formula is C15H19NO5. The number of β-amino-alcohol motifs (C(OH)–C–C–N with tert-alkyl or cyclic N) is 1. The normalized spacial score (nSPS) is 21.4. The first-order valence-corrected chi connectivity index (χ1v) is 6.79. The number of rotatable bonds is 4. The topological polar surface area (TPSA) is 87.1 Å². The molecule has 2 rings (SSSR count). The molecular weight excluding hydrogens is 274 g/mol. The zero-order valence-electron chi connectivity index (χ0n) is 12.1. The minimum atomic E-state index is -1.11. The summed E-state index contributed by atoms with van der Waals surface area (Å²) < 4.78 is 5.41. The molecule has 0 saturated carbocycles. The van der Waals surface area contributed by atoms with Gasteiger partial charge in [-0.3, -0.25) is 4.79 Å². The highest BCUT2D eigenvalue weighted by Crippen LogP contribution is 2.20. The van der Waals surface area contributed by atoms with E-state index in [2.05, 4.69) is 0 Å². The molecule has 0 aliphatic carbocycles. The number of aliphatic carboxylic acids is 1. The Labute approximate surface area is 122 Å². The summed E-state index contributed by atoms with van der Waals surface area (Å²) in [6, 6.07) is 4.52. The van der Waals surface area contributed by atoms with Gasteiger partial charge in [-0.25, -0.2) is 4.79 Å². The summed E-state index contributed by atoms with van der Waals surface area (Å²) >= 11 is 0. The van der Waals surface area contributed by atoms with Gasteiger partial charge in [0, 0.05) is 13.0 Å². The van der Waals surface area contributed by atoms with Gasteiger partial charge in [-0.2, -0.15) is 0 Å². The molecule has 1 aliphatic rings. The zero-order valence-corrected chi connectivity index (χ0v) is 12.1. The van der Waals surface area contributed by atoms with Crippen molar-refractivity contribution in [2.24, 2.45) is 0 Å². The molecule has 2 N–H and O–H groups in total. The number of hydrogen-bond donors (Lipinski definition) is 2. The second kappa shape index (κ2) is 6.13. The van der Waals surface area contributed by atoms with Crippen molar-refractivity contribution in [2.75, 3.05) is 13.2 Å². The van der Waals surface area contributed by atoms with E-state index in [1.165, 1.54) is 0 Å². The molecule has 2 atom stereocenters. The Morgan fingerprint density at radius 2 is 2.05 bits per heavy atom. The molecule has 0 spiro atoms. The number of carbonyl (C=O) groups excluding carboxylic acids is 1. The van der Waals surface area contributed by atoms with E-state index in [9.17, 15) is 14.7 Å². The predicted octanol–water partition coefficient (Wildman–Crippen LogP) is 0.729. The number of hydrogen-bond acceptors (Lipinski definition) is 4. The summed E-state index contributed by atoms with van der Waals surface area (Å²) in [5.41, 5.74) is 2.18. The van der Waals surface area contributed by atoms with Crippen LogP contribution in [0.5, 0.6) is 5.75 Å². The molecule has 1 aromatic carbocycles. The Kier molecular flexibility index (Phi) is 4.47. The van der Waals surface area contributed by atoms with Crippen molar-refractivity contribution in [1.82, 2.24) is 4.90 Å². The molecule has 1 aliphatic heterocycles. The molecule has 6 nitrogen and oxygen atoms in total. The first-order chi connectivity index (χ1) is 9.88. The largest absolute Gasteiger partial charge is 0.484 e. The van der Waals surface area contributed by atoms with Crippen LogP contribution >= 0.6 is 0 Å².